The first-order chi connectivity index (χ1) is 11.5. The summed E-state index contributed by atoms with van der Waals surface area (Å²) in [6.45, 7) is 0.580. The molecule has 24 heavy (non-hydrogen) atoms. The summed E-state index contributed by atoms with van der Waals surface area (Å²) < 4.78 is 0. The monoisotopic (exact) mass is 362 g/mol. The molecule has 0 saturated carbocycles. The largest absolute Gasteiger partial charge is 0.357 e. The number of nitrogens with zero attached hydrogens (tertiary/aromatic N) is 3. The molecule has 0 atom stereocenters. The molecule has 6 nitrogen and oxygen atoms in total. The van der Waals surface area contributed by atoms with Crippen LogP contribution in [0, 0.1) is 10.1 Å². The smallest absolute Gasteiger partial charge is 0.270 e. The van der Waals surface area contributed by atoms with Crippen LogP contribution in [0.25, 0.3) is 0 Å². The normalized spacial score (nSPS) is 10.6. The predicted molar refractivity (Wildman–Crippen MR) is 99.3 cm³/mol. The molecule has 0 aliphatic rings. The number of nitro groups is 1. The van der Waals surface area contributed by atoms with E-state index in [1.54, 1.807) is 7.05 Å². The van der Waals surface area contributed by atoms with Crippen LogP contribution in [-0.4, -0.2) is 28.3 Å². The summed E-state index contributed by atoms with van der Waals surface area (Å²) in [6, 6.07) is 14.0. The van der Waals surface area contributed by atoms with Gasteiger partial charge in [-0.15, -0.1) is 0 Å². The van der Waals surface area contributed by atoms with E-state index < -0.39 is 4.92 Å². The maximum atomic E-state index is 10.8. The van der Waals surface area contributed by atoms with E-state index in [4.69, 9.17) is 23.8 Å². The third-order valence-electron chi connectivity index (χ3n) is 3.14. The summed E-state index contributed by atoms with van der Waals surface area (Å²) in [4.78, 5) is 10.3. The van der Waals surface area contributed by atoms with Gasteiger partial charge < -0.3 is 5.32 Å². The minimum absolute atomic E-state index is 0.0479. The number of rotatable bonds is 5. The molecule has 2 aromatic rings. The molecule has 0 amide bonds. The quantitative estimate of drug-likeness (QED) is 0.381. The van der Waals surface area contributed by atoms with Crippen LogP contribution in [0.2, 0.25) is 5.02 Å². The molecule has 2 aromatic carbocycles. The topological polar surface area (TPSA) is 70.8 Å². The Morgan fingerprint density at radius 2 is 2.08 bits per heavy atom. The van der Waals surface area contributed by atoms with Crippen LogP contribution >= 0.6 is 23.8 Å². The van der Waals surface area contributed by atoms with Gasteiger partial charge in [-0.2, -0.15) is 5.10 Å². The van der Waals surface area contributed by atoms with Crippen molar-refractivity contribution in [3.63, 3.8) is 0 Å². The van der Waals surface area contributed by atoms with Gasteiger partial charge in [-0.3, -0.25) is 10.1 Å². The molecule has 0 heterocycles. The third-order valence-corrected chi connectivity index (χ3v) is 3.89. The van der Waals surface area contributed by atoms with E-state index >= 15 is 0 Å². The Hall–Kier alpha value is -2.51. The highest BCUT2D eigenvalue weighted by molar-refractivity contribution is 7.80. The van der Waals surface area contributed by atoms with E-state index in [0.29, 0.717) is 22.2 Å². The van der Waals surface area contributed by atoms with E-state index in [-0.39, 0.29) is 5.69 Å². The van der Waals surface area contributed by atoms with Crippen LogP contribution in [0.3, 0.4) is 0 Å². The number of halogens is 1. The lowest BCUT2D eigenvalue weighted by molar-refractivity contribution is -0.384. The Morgan fingerprint density at radius 1 is 1.38 bits per heavy atom. The molecule has 0 spiro atoms. The third kappa shape index (κ3) is 5.00. The van der Waals surface area contributed by atoms with Crippen molar-refractivity contribution in [3.8, 4) is 0 Å². The summed E-state index contributed by atoms with van der Waals surface area (Å²) in [7, 11) is 1.68. The minimum atomic E-state index is -0.483. The number of thiocarbonyl (C=S) groups is 1. The Kier molecular flexibility index (Phi) is 6.22. The van der Waals surface area contributed by atoms with E-state index in [2.05, 4.69) is 10.4 Å². The minimum Gasteiger partial charge on any atom is -0.357 e. The summed E-state index contributed by atoms with van der Waals surface area (Å²) in [5.41, 5.74) is 1.50. The van der Waals surface area contributed by atoms with Gasteiger partial charge >= 0.3 is 0 Å². The van der Waals surface area contributed by atoms with Gasteiger partial charge in [0.15, 0.2) is 5.11 Å². The van der Waals surface area contributed by atoms with Gasteiger partial charge in [0.1, 0.15) is 0 Å². The van der Waals surface area contributed by atoms with Crippen LogP contribution in [-0.2, 0) is 6.54 Å². The second kappa shape index (κ2) is 8.37. The van der Waals surface area contributed by atoms with Gasteiger partial charge in [0, 0.05) is 36.3 Å². The number of hydrogen-bond donors (Lipinski definition) is 1. The Balaban J connectivity index is 1.99. The second-order valence-electron chi connectivity index (χ2n) is 4.88. The Labute approximate surface area is 149 Å². The Bertz CT molecular complexity index is 768. The van der Waals surface area contributed by atoms with Gasteiger partial charge in [-0.1, -0.05) is 41.9 Å². The molecule has 0 aromatic heterocycles. The van der Waals surface area contributed by atoms with Crippen molar-refractivity contribution in [2.45, 2.75) is 6.54 Å². The van der Waals surface area contributed by atoms with Crippen molar-refractivity contribution in [2.24, 2.45) is 5.10 Å². The molecule has 0 bridgehead atoms. The molecule has 0 saturated heterocycles. The SMILES string of the molecule is CN(/N=C\c1cc([N+](=O)[O-])ccc1Cl)C(=S)NCc1ccccc1. The lowest BCUT2D eigenvalue weighted by atomic mass is 10.2. The number of nitro benzene ring substituents is 1. The summed E-state index contributed by atoms with van der Waals surface area (Å²) in [6.07, 6.45) is 1.44. The molecule has 1 N–H and O–H groups in total. The predicted octanol–water partition coefficient (Wildman–Crippen LogP) is 3.59. The van der Waals surface area contributed by atoms with Gasteiger partial charge in [0.25, 0.3) is 5.69 Å². The van der Waals surface area contributed by atoms with Crippen molar-refractivity contribution in [1.82, 2.24) is 10.3 Å². The maximum absolute atomic E-state index is 10.8. The van der Waals surface area contributed by atoms with Gasteiger partial charge in [0.05, 0.1) is 11.1 Å². The van der Waals surface area contributed by atoms with Gasteiger partial charge in [0.2, 0.25) is 0 Å². The highest BCUT2D eigenvalue weighted by Gasteiger charge is 2.09. The van der Waals surface area contributed by atoms with Gasteiger partial charge in [-0.05, 0) is 23.8 Å². The summed E-state index contributed by atoms with van der Waals surface area (Å²) in [5.74, 6) is 0. The Morgan fingerprint density at radius 3 is 2.75 bits per heavy atom. The summed E-state index contributed by atoms with van der Waals surface area (Å²) >= 11 is 11.3. The zero-order valence-electron chi connectivity index (χ0n) is 12.8. The van der Waals surface area contributed by atoms with Crippen molar-refractivity contribution in [3.05, 3.63) is 74.8 Å². The zero-order chi connectivity index (χ0) is 17.5. The lowest BCUT2D eigenvalue weighted by Gasteiger charge is -2.15. The lowest BCUT2D eigenvalue weighted by Crippen LogP contribution is -2.33. The van der Waals surface area contributed by atoms with Crippen LogP contribution in [0.15, 0.2) is 53.6 Å². The highest BCUT2D eigenvalue weighted by atomic mass is 35.5. The average molecular weight is 363 g/mol. The van der Waals surface area contributed by atoms with Crippen molar-refractivity contribution < 1.29 is 4.92 Å². The van der Waals surface area contributed by atoms with Crippen LogP contribution in [0.1, 0.15) is 11.1 Å². The van der Waals surface area contributed by atoms with Crippen molar-refractivity contribution in [1.29, 1.82) is 0 Å². The van der Waals surface area contributed by atoms with Crippen LogP contribution < -0.4 is 5.32 Å². The van der Waals surface area contributed by atoms with E-state index in [1.807, 2.05) is 30.3 Å². The molecule has 124 valence electrons. The fourth-order valence-electron chi connectivity index (χ4n) is 1.83. The van der Waals surface area contributed by atoms with E-state index in [0.717, 1.165) is 5.56 Å². The first-order valence-corrected chi connectivity index (χ1v) is 7.79. The molecule has 0 aliphatic heterocycles. The molecule has 0 unspecified atom stereocenters. The first-order valence-electron chi connectivity index (χ1n) is 7.01. The zero-order valence-corrected chi connectivity index (χ0v) is 14.4. The highest BCUT2D eigenvalue weighted by Crippen LogP contribution is 2.20. The van der Waals surface area contributed by atoms with Gasteiger partial charge in [-0.25, -0.2) is 5.01 Å². The molecular formula is C16H15ClN4O2S. The van der Waals surface area contributed by atoms with E-state index in [1.165, 1.54) is 29.4 Å². The van der Waals surface area contributed by atoms with Crippen molar-refractivity contribution in [2.75, 3.05) is 7.05 Å². The first kappa shape index (κ1) is 17.8. The molecule has 2 rings (SSSR count). The number of hydrogen-bond acceptors (Lipinski definition) is 4. The average Bonchev–Trinajstić information content (AvgIpc) is 2.59. The fraction of sp³-hybridized carbons (Fsp3) is 0.125. The molecular weight excluding hydrogens is 348 g/mol. The number of hydrazone groups is 1. The molecule has 0 fully saturated rings. The van der Waals surface area contributed by atoms with Crippen molar-refractivity contribution >= 4 is 40.8 Å². The fourth-order valence-corrected chi connectivity index (χ4v) is 2.12. The molecule has 0 radical (unpaired) electrons. The standard InChI is InChI=1S/C16H15ClN4O2S/c1-20(16(24)18-10-12-5-3-2-4-6-12)19-11-13-9-14(21(22)23)7-8-15(13)17/h2-9,11H,10H2,1H3,(H,18,24)/b19-11-. The number of nitrogens with one attached hydrogen (secondary N) is 1. The van der Waals surface area contributed by atoms with Crippen LogP contribution in [0.5, 0.6) is 0 Å². The molecule has 0 aliphatic carbocycles. The number of non-ortho nitro benzene ring substituents is 1. The second-order valence-corrected chi connectivity index (χ2v) is 5.67. The maximum Gasteiger partial charge on any atom is 0.270 e. The number of benzene rings is 2. The molecule has 8 heteroatoms. The summed E-state index contributed by atoms with van der Waals surface area (Å²) in [5, 5.41) is 20.3. The van der Waals surface area contributed by atoms with E-state index in [9.17, 15) is 10.1 Å². The van der Waals surface area contributed by atoms with Crippen LogP contribution in [0.4, 0.5) is 5.69 Å².